The monoisotopic (exact) mass is 164 g/mol. The van der Waals surface area contributed by atoms with Crippen molar-refractivity contribution in [2.24, 2.45) is 0 Å². The summed E-state index contributed by atoms with van der Waals surface area (Å²) in [5.41, 5.74) is 1.88. The number of hydrogen-bond donors (Lipinski definition) is 0. The Hall–Kier alpha value is -1.31. The van der Waals surface area contributed by atoms with Gasteiger partial charge in [-0.05, 0) is 23.8 Å². The number of fused-ring (bicyclic) bond motifs is 1. The van der Waals surface area contributed by atoms with Crippen LogP contribution in [0.25, 0.3) is 0 Å². The Morgan fingerprint density at radius 2 is 2.25 bits per heavy atom. The lowest BCUT2D eigenvalue weighted by atomic mass is 10.1. The molecule has 1 aromatic rings. The number of ether oxygens (including phenoxy) is 1. The minimum Gasteiger partial charge on any atom is -0.493 e. The molecule has 2 nitrogen and oxygen atoms in total. The fraction of sp³-hybridized carbons (Fsp3) is 0.300. The Morgan fingerprint density at radius 1 is 1.42 bits per heavy atom. The summed E-state index contributed by atoms with van der Waals surface area (Å²) < 4.78 is 5.28. The second-order valence-corrected chi connectivity index (χ2v) is 2.58. The van der Waals surface area contributed by atoms with E-state index in [9.17, 15) is 4.79 Å². The highest BCUT2D eigenvalue weighted by Gasteiger charge is 2.10. The minimum absolute atomic E-state index is 0. The molecule has 1 aromatic carbocycles. The zero-order valence-corrected chi connectivity index (χ0v) is 6.04. The van der Waals surface area contributed by atoms with E-state index in [1.807, 2.05) is 12.1 Å². The fourth-order valence-corrected chi connectivity index (χ4v) is 1.28. The molecule has 1 aliphatic heterocycles. The lowest BCUT2D eigenvalue weighted by Gasteiger charge is -1.97. The van der Waals surface area contributed by atoms with Gasteiger partial charge in [-0.1, -0.05) is 7.43 Å². The van der Waals surface area contributed by atoms with Crippen molar-refractivity contribution in [3.05, 3.63) is 29.3 Å². The van der Waals surface area contributed by atoms with Gasteiger partial charge in [-0.25, -0.2) is 0 Å². The molecule has 1 aliphatic rings. The number of hydrogen-bond acceptors (Lipinski definition) is 2. The van der Waals surface area contributed by atoms with Gasteiger partial charge in [0.25, 0.3) is 0 Å². The Balaban J connectivity index is 0.000000720. The van der Waals surface area contributed by atoms with Gasteiger partial charge in [-0.3, -0.25) is 4.79 Å². The second-order valence-electron chi connectivity index (χ2n) is 2.58. The van der Waals surface area contributed by atoms with Gasteiger partial charge in [0.2, 0.25) is 0 Å². The van der Waals surface area contributed by atoms with Crippen molar-refractivity contribution in [3.8, 4) is 5.75 Å². The Morgan fingerprint density at radius 3 is 3.00 bits per heavy atom. The zero-order chi connectivity index (χ0) is 7.68. The summed E-state index contributed by atoms with van der Waals surface area (Å²) in [6.07, 6.45) is 1.79. The van der Waals surface area contributed by atoms with Crippen molar-refractivity contribution < 1.29 is 9.53 Å². The van der Waals surface area contributed by atoms with Crippen LogP contribution < -0.4 is 4.74 Å². The van der Waals surface area contributed by atoms with Crippen molar-refractivity contribution in [2.75, 3.05) is 6.61 Å². The number of rotatable bonds is 1. The Labute approximate surface area is 72.2 Å². The maximum absolute atomic E-state index is 10.4. The van der Waals surface area contributed by atoms with Gasteiger partial charge in [0.15, 0.2) is 0 Å². The summed E-state index contributed by atoms with van der Waals surface area (Å²) >= 11 is 0. The van der Waals surface area contributed by atoms with Crippen LogP contribution in [0.2, 0.25) is 0 Å². The highest BCUT2D eigenvalue weighted by Crippen LogP contribution is 2.24. The fourth-order valence-electron chi connectivity index (χ4n) is 1.28. The first kappa shape index (κ1) is 8.78. The molecule has 64 valence electrons. The molecule has 0 radical (unpaired) electrons. The SMILES string of the molecule is C.O=Cc1ccc2c(c1)CCO2. The molecule has 1 heterocycles. The molecule has 0 aliphatic carbocycles. The maximum atomic E-state index is 10.4. The van der Waals surface area contributed by atoms with Crippen LogP contribution in [0.1, 0.15) is 23.3 Å². The maximum Gasteiger partial charge on any atom is 0.150 e. The van der Waals surface area contributed by atoms with E-state index in [0.29, 0.717) is 0 Å². The van der Waals surface area contributed by atoms with Crippen molar-refractivity contribution >= 4 is 6.29 Å². The van der Waals surface area contributed by atoms with E-state index in [0.717, 1.165) is 36.2 Å². The summed E-state index contributed by atoms with van der Waals surface area (Å²) in [4.78, 5) is 10.4. The molecule has 2 heteroatoms. The molecule has 2 rings (SSSR count). The van der Waals surface area contributed by atoms with Gasteiger partial charge in [0.05, 0.1) is 6.61 Å². The molecular weight excluding hydrogens is 152 g/mol. The molecule has 12 heavy (non-hydrogen) atoms. The predicted molar refractivity (Wildman–Crippen MR) is 47.8 cm³/mol. The minimum atomic E-state index is 0. The van der Waals surface area contributed by atoms with Crippen molar-refractivity contribution in [1.82, 2.24) is 0 Å². The average molecular weight is 164 g/mol. The molecule has 0 fully saturated rings. The lowest BCUT2D eigenvalue weighted by Crippen LogP contribution is -1.85. The predicted octanol–water partition coefficient (Wildman–Crippen LogP) is 2.07. The molecule has 0 saturated heterocycles. The standard InChI is InChI=1S/C9H8O2.CH4/c10-6-7-1-2-9-8(5-7)3-4-11-9;/h1-2,5-6H,3-4H2;1H4. The molecule has 0 aromatic heterocycles. The van der Waals surface area contributed by atoms with Crippen LogP contribution in [0.15, 0.2) is 18.2 Å². The highest BCUT2D eigenvalue weighted by atomic mass is 16.5. The third-order valence-electron chi connectivity index (χ3n) is 1.85. The summed E-state index contributed by atoms with van der Waals surface area (Å²) in [5.74, 6) is 0.926. The molecule has 0 unspecified atom stereocenters. The largest absolute Gasteiger partial charge is 0.493 e. The molecule has 0 atom stereocenters. The Bertz CT molecular complexity index is 292. The smallest absolute Gasteiger partial charge is 0.150 e. The highest BCUT2D eigenvalue weighted by molar-refractivity contribution is 5.75. The van der Waals surface area contributed by atoms with Crippen LogP contribution in [0, 0.1) is 0 Å². The summed E-state index contributed by atoms with van der Waals surface area (Å²) in [6, 6.07) is 5.51. The van der Waals surface area contributed by atoms with Gasteiger partial charge < -0.3 is 4.74 Å². The van der Waals surface area contributed by atoms with Crippen LogP contribution in [0.4, 0.5) is 0 Å². The van der Waals surface area contributed by atoms with E-state index in [4.69, 9.17) is 4.74 Å². The number of carbonyl (C=O) groups excluding carboxylic acids is 1. The average Bonchev–Trinajstić information content (AvgIpc) is 2.50. The number of aldehydes is 1. The number of benzene rings is 1. The van der Waals surface area contributed by atoms with E-state index >= 15 is 0 Å². The van der Waals surface area contributed by atoms with Gasteiger partial charge in [-0.2, -0.15) is 0 Å². The van der Waals surface area contributed by atoms with E-state index in [2.05, 4.69) is 0 Å². The Kier molecular flexibility index (Phi) is 2.48. The first-order valence-corrected chi connectivity index (χ1v) is 3.61. The molecular formula is C10H12O2. The van der Waals surface area contributed by atoms with E-state index < -0.39 is 0 Å². The van der Waals surface area contributed by atoms with Crippen molar-refractivity contribution in [3.63, 3.8) is 0 Å². The lowest BCUT2D eigenvalue weighted by molar-refractivity contribution is 0.112. The topological polar surface area (TPSA) is 26.3 Å². The summed E-state index contributed by atoms with van der Waals surface area (Å²) in [5, 5.41) is 0. The normalized spacial score (nSPS) is 12.7. The van der Waals surface area contributed by atoms with Crippen LogP contribution in [0.5, 0.6) is 5.75 Å². The van der Waals surface area contributed by atoms with Crippen LogP contribution in [-0.2, 0) is 6.42 Å². The molecule has 0 bridgehead atoms. The summed E-state index contributed by atoms with van der Waals surface area (Å²) in [7, 11) is 0. The first-order valence-electron chi connectivity index (χ1n) is 3.61. The molecule has 0 saturated carbocycles. The number of carbonyl (C=O) groups is 1. The molecule has 0 N–H and O–H groups in total. The quantitative estimate of drug-likeness (QED) is 0.594. The third-order valence-corrected chi connectivity index (χ3v) is 1.85. The zero-order valence-electron chi connectivity index (χ0n) is 6.04. The van der Waals surface area contributed by atoms with Crippen LogP contribution >= 0.6 is 0 Å². The first-order chi connectivity index (χ1) is 5.40. The van der Waals surface area contributed by atoms with E-state index in [1.165, 1.54) is 0 Å². The molecule has 0 spiro atoms. The van der Waals surface area contributed by atoms with Gasteiger partial charge >= 0.3 is 0 Å². The third kappa shape index (κ3) is 1.33. The van der Waals surface area contributed by atoms with Crippen LogP contribution in [0.3, 0.4) is 0 Å². The molecule has 0 amide bonds. The van der Waals surface area contributed by atoms with Gasteiger partial charge in [0, 0.05) is 12.0 Å². The van der Waals surface area contributed by atoms with Crippen molar-refractivity contribution in [2.45, 2.75) is 13.8 Å². The summed E-state index contributed by atoms with van der Waals surface area (Å²) in [6.45, 7) is 0.748. The van der Waals surface area contributed by atoms with Crippen LogP contribution in [-0.4, -0.2) is 12.9 Å². The van der Waals surface area contributed by atoms with Crippen molar-refractivity contribution in [1.29, 1.82) is 0 Å². The van der Waals surface area contributed by atoms with E-state index in [1.54, 1.807) is 6.07 Å². The second kappa shape index (κ2) is 3.39. The van der Waals surface area contributed by atoms with Gasteiger partial charge in [-0.15, -0.1) is 0 Å². The van der Waals surface area contributed by atoms with Gasteiger partial charge in [0.1, 0.15) is 12.0 Å². The van der Waals surface area contributed by atoms with E-state index in [-0.39, 0.29) is 7.43 Å².